The molecule has 1 aromatic heterocycles. The van der Waals surface area contributed by atoms with Crippen LogP contribution in [0, 0.1) is 13.8 Å². The molecule has 5 aromatic rings. The van der Waals surface area contributed by atoms with E-state index in [0.29, 0.717) is 0 Å². The van der Waals surface area contributed by atoms with Crippen molar-refractivity contribution in [1.29, 1.82) is 0 Å². The fraction of sp³-hybridized carbons (Fsp3) is 0.229. The van der Waals surface area contributed by atoms with E-state index in [1.165, 1.54) is 86.7 Å². The predicted octanol–water partition coefficient (Wildman–Crippen LogP) is 8.94. The van der Waals surface area contributed by atoms with Gasteiger partial charge in [0.25, 0.3) is 0 Å². The van der Waals surface area contributed by atoms with Crippen molar-refractivity contribution in [2.24, 2.45) is 7.05 Å². The molecule has 0 bridgehead atoms. The summed E-state index contributed by atoms with van der Waals surface area (Å²) in [6, 6.07) is 34.1. The fourth-order valence-corrected chi connectivity index (χ4v) is 6.02. The molecule has 0 saturated heterocycles. The van der Waals surface area contributed by atoms with Gasteiger partial charge in [-0.1, -0.05) is 79.6 Å². The van der Waals surface area contributed by atoms with Crippen LogP contribution < -0.4 is 4.57 Å². The molecule has 0 aliphatic heterocycles. The van der Waals surface area contributed by atoms with E-state index < -0.39 is 0 Å². The number of fused-ring (bicyclic) bond motifs is 1. The monoisotopic (exact) mass is 468 g/mol. The van der Waals surface area contributed by atoms with Gasteiger partial charge in [-0.3, -0.25) is 0 Å². The Morgan fingerprint density at radius 2 is 1.25 bits per heavy atom. The van der Waals surface area contributed by atoms with E-state index in [2.05, 4.69) is 123 Å². The minimum atomic E-state index is 0.768. The minimum absolute atomic E-state index is 0.768. The molecule has 6 rings (SSSR count). The largest absolute Gasteiger partial charge is 0.213 e. The zero-order valence-electron chi connectivity index (χ0n) is 21.6. The summed E-state index contributed by atoms with van der Waals surface area (Å²) in [5.74, 6) is 0.768. The summed E-state index contributed by atoms with van der Waals surface area (Å²) < 4.78 is 2.24. The van der Waals surface area contributed by atoms with Crippen LogP contribution in [0.25, 0.3) is 44.3 Å². The Morgan fingerprint density at radius 1 is 0.611 bits per heavy atom. The second kappa shape index (κ2) is 9.39. The Kier molecular flexibility index (Phi) is 5.93. The molecule has 1 fully saturated rings. The summed E-state index contributed by atoms with van der Waals surface area (Å²) in [5.41, 5.74) is 11.8. The molecule has 0 unspecified atom stereocenters. The summed E-state index contributed by atoms with van der Waals surface area (Å²) in [5, 5.41) is 2.57. The number of hydrogen-bond acceptors (Lipinski definition) is 0. The van der Waals surface area contributed by atoms with Crippen molar-refractivity contribution < 1.29 is 4.57 Å². The van der Waals surface area contributed by atoms with E-state index in [1.807, 2.05) is 0 Å². The van der Waals surface area contributed by atoms with Crippen molar-refractivity contribution in [3.63, 3.8) is 0 Å². The van der Waals surface area contributed by atoms with Gasteiger partial charge in [-0.25, -0.2) is 4.57 Å². The second-order valence-corrected chi connectivity index (χ2v) is 10.6. The maximum absolute atomic E-state index is 2.35. The molecule has 1 saturated carbocycles. The SMILES string of the molecule is Cc1c[n+](C)c(-c2ccccc2C)cc1-c1ccc2cc(-c3ccc(C4CCCC4)cc3)ccc2c1. The highest BCUT2D eigenvalue weighted by atomic mass is 14.9. The van der Waals surface area contributed by atoms with E-state index in [1.54, 1.807) is 0 Å². The van der Waals surface area contributed by atoms with Crippen LogP contribution in [0.3, 0.4) is 0 Å². The molecule has 36 heavy (non-hydrogen) atoms. The van der Waals surface area contributed by atoms with Crippen LogP contribution in [0.5, 0.6) is 0 Å². The molecule has 0 N–H and O–H groups in total. The van der Waals surface area contributed by atoms with Gasteiger partial charge in [-0.05, 0) is 95.0 Å². The van der Waals surface area contributed by atoms with Gasteiger partial charge in [0.1, 0.15) is 7.05 Å². The van der Waals surface area contributed by atoms with Gasteiger partial charge in [-0.2, -0.15) is 0 Å². The third-order valence-corrected chi connectivity index (χ3v) is 8.12. The first kappa shape index (κ1) is 22.7. The van der Waals surface area contributed by atoms with Gasteiger partial charge in [0.15, 0.2) is 6.20 Å². The summed E-state index contributed by atoms with van der Waals surface area (Å²) in [4.78, 5) is 0. The van der Waals surface area contributed by atoms with Gasteiger partial charge < -0.3 is 0 Å². The first-order valence-electron chi connectivity index (χ1n) is 13.3. The van der Waals surface area contributed by atoms with Crippen molar-refractivity contribution in [2.75, 3.05) is 0 Å². The summed E-state index contributed by atoms with van der Waals surface area (Å²) in [6.45, 7) is 4.39. The predicted molar refractivity (Wildman–Crippen MR) is 152 cm³/mol. The zero-order chi connectivity index (χ0) is 24.6. The molecule has 178 valence electrons. The first-order chi connectivity index (χ1) is 17.6. The Bertz CT molecular complexity index is 1550. The Hall–Kier alpha value is -3.71. The molecule has 4 aromatic carbocycles. The Morgan fingerprint density at radius 3 is 1.97 bits per heavy atom. The van der Waals surface area contributed by atoms with Gasteiger partial charge >= 0.3 is 0 Å². The summed E-state index contributed by atoms with van der Waals surface area (Å²) >= 11 is 0. The zero-order valence-corrected chi connectivity index (χ0v) is 21.6. The molecule has 1 nitrogen and oxygen atoms in total. The minimum Gasteiger partial charge on any atom is -0.201 e. The topological polar surface area (TPSA) is 3.88 Å². The number of aryl methyl sites for hydroxylation is 3. The fourth-order valence-electron chi connectivity index (χ4n) is 6.02. The molecule has 1 aliphatic carbocycles. The molecule has 0 atom stereocenters. The van der Waals surface area contributed by atoms with Crippen LogP contribution in [-0.2, 0) is 7.05 Å². The second-order valence-electron chi connectivity index (χ2n) is 10.6. The first-order valence-corrected chi connectivity index (χ1v) is 13.3. The van der Waals surface area contributed by atoms with Crippen molar-refractivity contribution >= 4 is 10.8 Å². The van der Waals surface area contributed by atoms with E-state index in [4.69, 9.17) is 0 Å². The van der Waals surface area contributed by atoms with Crippen molar-refractivity contribution in [2.45, 2.75) is 45.4 Å². The van der Waals surface area contributed by atoms with Gasteiger partial charge in [0.2, 0.25) is 5.69 Å². The third-order valence-electron chi connectivity index (χ3n) is 8.12. The van der Waals surface area contributed by atoms with Crippen LogP contribution in [-0.4, -0.2) is 0 Å². The molecule has 0 radical (unpaired) electrons. The quantitative estimate of drug-likeness (QED) is 0.232. The van der Waals surface area contributed by atoms with Crippen molar-refractivity contribution in [3.05, 3.63) is 114 Å². The number of aromatic nitrogens is 1. The smallest absolute Gasteiger partial charge is 0.201 e. The average Bonchev–Trinajstić information content (AvgIpc) is 3.44. The van der Waals surface area contributed by atoms with E-state index in [0.717, 1.165) is 5.92 Å². The number of rotatable bonds is 4. The van der Waals surface area contributed by atoms with Gasteiger partial charge in [0, 0.05) is 17.2 Å². The van der Waals surface area contributed by atoms with Crippen LogP contribution in [0.15, 0.2) is 97.2 Å². The maximum atomic E-state index is 2.35. The number of pyridine rings is 1. The molecule has 0 amide bonds. The Labute approximate surface area is 215 Å². The highest BCUT2D eigenvalue weighted by molar-refractivity contribution is 5.91. The van der Waals surface area contributed by atoms with Gasteiger partial charge in [0.05, 0.1) is 0 Å². The lowest BCUT2D eigenvalue weighted by Gasteiger charge is -2.12. The standard InChI is InChI=1S/C35H34N/c1-24-8-4-7-11-33(24)35-22-34(25(2)23-36(35)3)32-19-18-30-20-29(16-17-31(30)21-32)28-14-12-27(13-15-28)26-9-5-6-10-26/h4,7-8,11-23,26H,5-6,9-10H2,1-3H3/q+1. The lowest BCUT2D eigenvalue weighted by molar-refractivity contribution is -0.660. The van der Waals surface area contributed by atoms with Crippen LogP contribution >= 0.6 is 0 Å². The number of hydrogen-bond donors (Lipinski definition) is 0. The molecule has 0 spiro atoms. The molecule has 1 aliphatic rings. The van der Waals surface area contributed by atoms with Crippen LogP contribution in [0.4, 0.5) is 0 Å². The lowest BCUT2D eigenvalue weighted by Crippen LogP contribution is -2.31. The van der Waals surface area contributed by atoms with Crippen molar-refractivity contribution in [3.8, 4) is 33.5 Å². The highest BCUT2D eigenvalue weighted by Crippen LogP contribution is 2.36. The maximum Gasteiger partial charge on any atom is 0.213 e. The summed E-state index contributed by atoms with van der Waals surface area (Å²) in [6.07, 6.45) is 7.71. The molecular formula is C35H34N+. The van der Waals surface area contributed by atoms with E-state index in [-0.39, 0.29) is 0 Å². The van der Waals surface area contributed by atoms with Crippen molar-refractivity contribution in [1.82, 2.24) is 0 Å². The normalized spacial score (nSPS) is 14.0. The van der Waals surface area contributed by atoms with Crippen LogP contribution in [0.2, 0.25) is 0 Å². The average molecular weight is 469 g/mol. The third kappa shape index (κ3) is 4.24. The molecule has 1 heteroatoms. The highest BCUT2D eigenvalue weighted by Gasteiger charge is 2.18. The number of nitrogens with zero attached hydrogens (tertiary/aromatic N) is 1. The lowest BCUT2D eigenvalue weighted by atomic mass is 9.93. The van der Waals surface area contributed by atoms with E-state index in [9.17, 15) is 0 Å². The molecule has 1 heterocycles. The van der Waals surface area contributed by atoms with Crippen LogP contribution in [0.1, 0.15) is 48.3 Å². The van der Waals surface area contributed by atoms with E-state index >= 15 is 0 Å². The molecular weight excluding hydrogens is 434 g/mol. The number of benzene rings is 4. The van der Waals surface area contributed by atoms with Gasteiger partial charge in [-0.15, -0.1) is 0 Å². The Balaban J connectivity index is 1.34. The summed E-state index contributed by atoms with van der Waals surface area (Å²) in [7, 11) is 2.14.